The normalized spacial score (nSPS) is 14.0. The van der Waals surface area contributed by atoms with E-state index in [2.05, 4.69) is 0 Å². The van der Waals surface area contributed by atoms with E-state index >= 15 is 0 Å². The Morgan fingerprint density at radius 3 is 1.93 bits per heavy atom. The smallest absolute Gasteiger partial charge is 0.450 e. The lowest BCUT2D eigenvalue weighted by molar-refractivity contribution is 0.137. The molecule has 0 unspecified atom stereocenters. The van der Waals surface area contributed by atoms with Crippen LogP contribution in [0.5, 0.6) is 0 Å². The average molecular weight is 216 g/mol. The van der Waals surface area contributed by atoms with Crippen molar-refractivity contribution in [1.82, 2.24) is 0 Å². The van der Waals surface area contributed by atoms with Gasteiger partial charge in [-0.3, -0.25) is 0 Å². The first-order valence-electron chi connectivity index (χ1n) is 4.38. The monoisotopic (exact) mass is 216 g/mol. The molecule has 15 heavy (non-hydrogen) atoms. The maximum absolute atomic E-state index is 12.9. The molecule has 2 N–H and O–H groups in total. The van der Waals surface area contributed by atoms with Crippen molar-refractivity contribution in [2.45, 2.75) is 18.8 Å². The van der Waals surface area contributed by atoms with Crippen molar-refractivity contribution >= 4 is 6.16 Å². The maximum atomic E-state index is 12.9. The van der Waals surface area contributed by atoms with Crippen LogP contribution in [0.1, 0.15) is 24.3 Å². The van der Waals surface area contributed by atoms with Crippen LogP contribution in [0.15, 0.2) is 18.2 Å². The molecule has 5 heteroatoms. The molecule has 0 aliphatic heterocycles. The standard InChI is InChI=1S/C9H8F2.CH2O3/c10-7-2-1-3-8(11)9(7)6-4-5-6;2-1(3)4/h1-3,6H,4-5H2;(H2,2,3,4). The number of carbonyl (C=O) groups is 1. The summed E-state index contributed by atoms with van der Waals surface area (Å²) in [6.45, 7) is 0. The van der Waals surface area contributed by atoms with E-state index in [9.17, 15) is 8.78 Å². The fourth-order valence-corrected chi connectivity index (χ4v) is 1.27. The molecular weight excluding hydrogens is 206 g/mol. The second-order valence-electron chi connectivity index (χ2n) is 3.19. The Labute approximate surface area is 85.0 Å². The summed E-state index contributed by atoms with van der Waals surface area (Å²) in [4.78, 5) is 8.56. The topological polar surface area (TPSA) is 57.5 Å². The van der Waals surface area contributed by atoms with Gasteiger partial charge in [0, 0.05) is 5.56 Å². The van der Waals surface area contributed by atoms with Gasteiger partial charge in [-0.1, -0.05) is 6.07 Å². The molecule has 3 nitrogen and oxygen atoms in total. The zero-order valence-corrected chi connectivity index (χ0v) is 7.78. The first-order chi connectivity index (χ1) is 7.02. The van der Waals surface area contributed by atoms with Crippen LogP contribution in [-0.2, 0) is 0 Å². The highest BCUT2D eigenvalue weighted by atomic mass is 19.1. The molecule has 0 aromatic heterocycles. The molecule has 0 bridgehead atoms. The lowest BCUT2D eigenvalue weighted by atomic mass is 10.1. The van der Waals surface area contributed by atoms with Crippen LogP contribution in [0, 0.1) is 11.6 Å². The molecule has 1 saturated carbocycles. The largest absolute Gasteiger partial charge is 0.503 e. The van der Waals surface area contributed by atoms with E-state index in [1.54, 1.807) is 0 Å². The maximum Gasteiger partial charge on any atom is 0.503 e. The molecular formula is C10H10F2O3. The van der Waals surface area contributed by atoms with Gasteiger partial charge in [0.15, 0.2) is 0 Å². The summed E-state index contributed by atoms with van der Waals surface area (Å²) in [5.41, 5.74) is 0.285. The predicted octanol–water partition coefficient (Wildman–Crippen LogP) is 3.06. The Hall–Kier alpha value is -1.65. The number of rotatable bonds is 1. The number of carboxylic acid groups (broad SMARTS) is 2. The quantitative estimate of drug-likeness (QED) is 0.758. The van der Waals surface area contributed by atoms with Crippen molar-refractivity contribution in [1.29, 1.82) is 0 Å². The average Bonchev–Trinajstić information content (AvgIpc) is 2.86. The fourth-order valence-electron chi connectivity index (χ4n) is 1.27. The third-order valence-corrected chi connectivity index (χ3v) is 1.99. The summed E-state index contributed by atoms with van der Waals surface area (Å²) in [6, 6.07) is 4.03. The molecule has 1 aromatic carbocycles. The number of hydrogen-bond donors (Lipinski definition) is 2. The molecule has 1 aliphatic rings. The SMILES string of the molecule is Fc1cccc(F)c1C1CC1.O=C(O)O. The van der Waals surface area contributed by atoms with E-state index in [1.807, 2.05) is 0 Å². The minimum atomic E-state index is -1.83. The van der Waals surface area contributed by atoms with Gasteiger partial charge in [-0.05, 0) is 30.9 Å². The summed E-state index contributed by atoms with van der Waals surface area (Å²) in [5, 5.41) is 13.9. The predicted molar refractivity (Wildman–Crippen MR) is 49.0 cm³/mol. The van der Waals surface area contributed by atoms with E-state index in [0.717, 1.165) is 12.8 Å². The van der Waals surface area contributed by atoms with Gasteiger partial charge in [-0.25, -0.2) is 13.6 Å². The highest BCUT2D eigenvalue weighted by Crippen LogP contribution is 2.42. The Kier molecular flexibility index (Phi) is 3.60. The Balaban J connectivity index is 0.000000245. The van der Waals surface area contributed by atoms with Crippen LogP contribution in [-0.4, -0.2) is 16.4 Å². The third-order valence-electron chi connectivity index (χ3n) is 1.99. The molecule has 0 heterocycles. The van der Waals surface area contributed by atoms with E-state index < -0.39 is 17.8 Å². The summed E-state index contributed by atoms with van der Waals surface area (Å²) in [5.74, 6) is -0.642. The summed E-state index contributed by atoms with van der Waals surface area (Å²) < 4.78 is 25.8. The number of hydrogen-bond acceptors (Lipinski definition) is 1. The first kappa shape index (κ1) is 11.4. The van der Waals surface area contributed by atoms with Crippen LogP contribution < -0.4 is 0 Å². The molecule has 0 spiro atoms. The van der Waals surface area contributed by atoms with E-state index in [4.69, 9.17) is 15.0 Å². The molecule has 2 rings (SSSR count). The van der Waals surface area contributed by atoms with Gasteiger partial charge in [-0.2, -0.15) is 0 Å². The van der Waals surface area contributed by atoms with Crippen LogP contribution >= 0.6 is 0 Å². The first-order valence-corrected chi connectivity index (χ1v) is 4.38. The van der Waals surface area contributed by atoms with Crippen molar-refractivity contribution in [3.05, 3.63) is 35.4 Å². The highest BCUT2D eigenvalue weighted by molar-refractivity contribution is 5.53. The van der Waals surface area contributed by atoms with Gasteiger partial charge >= 0.3 is 6.16 Å². The molecule has 1 aromatic rings. The molecule has 0 atom stereocenters. The van der Waals surface area contributed by atoms with Crippen molar-refractivity contribution in [2.75, 3.05) is 0 Å². The molecule has 82 valence electrons. The van der Waals surface area contributed by atoms with Crippen LogP contribution in [0.3, 0.4) is 0 Å². The molecule has 1 fully saturated rings. The lowest BCUT2D eigenvalue weighted by Gasteiger charge is -2.00. The zero-order valence-electron chi connectivity index (χ0n) is 7.78. The van der Waals surface area contributed by atoms with E-state index in [-0.39, 0.29) is 11.5 Å². The second kappa shape index (κ2) is 4.72. The van der Waals surface area contributed by atoms with Crippen molar-refractivity contribution in [3.63, 3.8) is 0 Å². The van der Waals surface area contributed by atoms with Crippen molar-refractivity contribution in [2.24, 2.45) is 0 Å². The van der Waals surface area contributed by atoms with Gasteiger partial charge in [0.1, 0.15) is 11.6 Å². The Morgan fingerprint density at radius 2 is 1.60 bits per heavy atom. The molecule has 0 radical (unpaired) electrons. The Bertz CT molecular complexity index is 337. The van der Waals surface area contributed by atoms with Crippen molar-refractivity contribution in [3.8, 4) is 0 Å². The van der Waals surface area contributed by atoms with Gasteiger partial charge in [0.2, 0.25) is 0 Å². The number of benzene rings is 1. The second-order valence-corrected chi connectivity index (χ2v) is 3.19. The minimum Gasteiger partial charge on any atom is -0.450 e. The molecule has 0 amide bonds. The highest BCUT2D eigenvalue weighted by Gasteiger charge is 2.29. The molecule has 0 saturated heterocycles. The number of halogens is 2. The lowest BCUT2D eigenvalue weighted by Crippen LogP contribution is -1.91. The summed E-state index contributed by atoms with van der Waals surface area (Å²) in [6.07, 6.45) is 0.0235. The van der Waals surface area contributed by atoms with Crippen LogP contribution in [0.25, 0.3) is 0 Å². The van der Waals surface area contributed by atoms with Gasteiger partial charge in [-0.15, -0.1) is 0 Å². The Morgan fingerprint density at radius 1 is 1.20 bits per heavy atom. The summed E-state index contributed by atoms with van der Waals surface area (Å²) >= 11 is 0. The van der Waals surface area contributed by atoms with Crippen LogP contribution in [0.4, 0.5) is 13.6 Å². The summed E-state index contributed by atoms with van der Waals surface area (Å²) in [7, 11) is 0. The van der Waals surface area contributed by atoms with E-state index in [0.29, 0.717) is 0 Å². The van der Waals surface area contributed by atoms with E-state index in [1.165, 1.54) is 18.2 Å². The zero-order chi connectivity index (χ0) is 11.4. The van der Waals surface area contributed by atoms with Gasteiger partial charge < -0.3 is 10.2 Å². The van der Waals surface area contributed by atoms with Gasteiger partial charge in [0.05, 0.1) is 0 Å². The fraction of sp³-hybridized carbons (Fsp3) is 0.300. The molecule has 1 aliphatic carbocycles. The third kappa shape index (κ3) is 3.53. The van der Waals surface area contributed by atoms with Crippen molar-refractivity contribution < 1.29 is 23.8 Å². The minimum absolute atomic E-state index is 0.149. The van der Waals surface area contributed by atoms with Gasteiger partial charge in [0.25, 0.3) is 0 Å². The van der Waals surface area contributed by atoms with Crippen LogP contribution in [0.2, 0.25) is 0 Å².